The van der Waals surface area contributed by atoms with Crippen molar-refractivity contribution in [3.63, 3.8) is 0 Å². The maximum atomic E-state index is 12.3. The third-order valence-electron chi connectivity index (χ3n) is 1.99. The number of carboxylic acids is 1. The molecule has 0 aromatic heterocycles. The number of rotatable bonds is 4. The Hall–Kier alpha value is -1.65. The molecule has 1 rings (SSSR count). The summed E-state index contributed by atoms with van der Waals surface area (Å²) in [7, 11) is 0. The lowest BCUT2D eigenvalue weighted by molar-refractivity contribution is -0.136. The number of para-hydroxylation sites is 1. The molecule has 0 atom stereocenters. The summed E-state index contributed by atoms with van der Waals surface area (Å²) in [6, 6.07) is 3.92. The van der Waals surface area contributed by atoms with Crippen molar-refractivity contribution in [2.24, 2.45) is 0 Å². The van der Waals surface area contributed by atoms with Gasteiger partial charge < -0.3 is 10.2 Å². The minimum absolute atomic E-state index is 0.0434. The zero-order chi connectivity index (χ0) is 11.4. The van der Waals surface area contributed by atoms with E-state index in [0.29, 0.717) is 0 Å². The number of phenolic OH excluding ortho intramolecular Hbond substituents is 1. The summed E-state index contributed by atoms with van der Waals surface area (Å²) in [5, 5.41) is 17.8. The van der Waals surface area contributed by atoms with Gasteiger partial charge in [-0.05, 0) is 18.1 Å². The van der Waals surface area contributed by atoms with Crippen molar-refractivity contribution in [1.82, 2.24) is 0 Å². The molecule has 0 radical (unpaired) electrons. The number of carbonyl (C=O) groups is 1. The molecule has 0 aliphatic carbocycles. The molecule has 0 aliphatic heterocycles. The highest BCUT2D eigenvalue weighted by molar-refractivity contribution is 5.67. The molecule has 0 bridgehead atoms. The van der Waals surface area contributed by atoms with E-state index in [0.717, 1.165) is 6.07 Å². The first-order valence-corrected chi connectivity index (χ1v) is 4.33. The van der Waals surface area contributed by atoms with Gasteiger partial charge in [0.1, 0.15) is 5.75 Å². The molecule has 1 aromatic rings. The van der Waals surface area contributed by atoms with Gasteiger partial charge in [0.15, 0.2) is 0 Å². The Morgan fingerprint density at radius 2 is 2.07 bits per heavy atom. The summed E-state index contributed by atoms with van der Waals surface area (Å²) in [6.07, 6.45) is -2.91. The average Bonchev–Trinajstić information content (AvgIpc) is 2.15. The molecule has 0 aliphatic rings. The average molecular weight is 216 g/mol. The van der Waals surface area contributed by atoms with Gasteiger partial charge in [0.05, 0.1) is 5.56 Å². The molecule has 0 amide bonds. The lowest BCUT2D eigenvalue weighted by Crippen LogP contribution is -1.98. The second-order valence-corrected chi connectivity index (χ2v) is 3.05. The van der Waals surface area contributed by atoms with E-state index >= 15 is 0 Å². The van der Waals surface area contributed by atoms with Crippen molar-refractivity contribution in [2.75, 3.05) is 0 Å². The number of aromatic hydroxyl groups is 1. The SMILES string of the molecule is O=C(O)CCc1cccc(C(F)F)c1O. The fraction of sp³-hybridized carbons (Fsp3) is 0.300. The van der Waals surface area contributed by atoms with Crippen molar-refractivity contribution < 1.29 is 23.8 Å². The van der Waals surface area contributed by atoms with Gasteiger partial charge in [0.2, 0.25) is 0 Å². The van der Waals surface area contributed by atoms with E-state index in [2.05, 4.69) is 0 Å². The molecule has 15 heavy (non-hydrogen) atoms. The van der Waals surface area contributed by atoms with Crippen LogP contribution in [0.1, 0.15) is 24.0 Å². The molecule has 82 valence electrons. The molecular weight excluding hydrogens is 206 g/mol. The number of carboxylic acid groups (broad SMARTS) is 1. The number of hydrogen-bond acceptors (Lipinski definition) is 2. The Kier molecular flexibility index (Phi) is 3.60. The number of benzene rings is 1. The van der Waals surface area contributed by atoms with Crippen molar-refractivity contribution in [3.05, 3.63) is 29.3 Å². The van der Waals surface area contributed by atoms with Crippen LogP contribution in [0.25, 0.3) is 0 Å². The Labute approximate surface area is 85.0 Å². The van der Waals surface area contributed by atoms with Crippen LogP contribution in [0.5, 0.6) is 5.75 Å². The van der Waals surface area contributed by atoms with Crippen molar-refractivity contribution in [1.29, 1.82) is 0 Å². The van der Waals surface area contributed by atoms with Crippen LogP contribution in [0, 0.1) is 0 Å². The molecule has 0 unspecified atom stereocenters. The normalized spacial score (nSPS) is 10.6. The minimum atomic E-state index is -2.75. The van der Waals surface area contributed by atoms with Gasteiger partial charge in [0.25, 0.3) is 6.43 Å². The summed E-state index contributed by atoms with van der Waals surface area (Å²) in [5.74, 6) is -1.54. The zero-order valence-corrected chi connectivity index (χ0v) is 7.78. The predicted octanol–water partition coefficient (Wildman–Crippen LogP) is 2.35. The van der Waals surface area contributed by atoms with Crippen LogP contribution in [0.2, 0.25) is 0 Å². The lowest BCUT2D eigenvalue weighted by atomic mass is 10.0. The molecule has 1 aromatic carbocycles. The summed E-state index contributed by atoms with van der Waals surface area (Å²) in [4.78, 5) is 10.3. The molecule has 0 fully saturated rings. The highest BCUT2D eigenvalue weighted by atomic mass is 19.3. The van der Waals surface area contributed by atoms with Crippen LogP contribution < -0.4 is 0 Å². The molecule has 5 heteroatoms. The first-order chi connectivity index (χ1) is 7.02. The van der Waals surface area contributed by atoms with Gasteiger partial charge in [-0.25, -0.2) is 8.78 Å². The van der Waals surface area contributed by atoms with Crippen LogP contribution in [-0.4, -0.2) is 16.2 Å². The van der Waals surface area contributed by atoms with Gasteiger partial charge in [-0.3, -0.25) is 4.79 Å². The van der Waals surface area contributed by atoms with Crippen LogP contribution in [0.4, 0.5) is 8.78 Å². The number of aryl methyl sites for hydroxylation is 1. The topological polar surface area (TPSA) is 57.5 Å². The molecule has 0 heterocycles. The Morgan fingerprint density at radius 1 is 1.40 bits per heavy atom. The second kappa shape index (κ2) is 4.72. The Morgan fingerprint density at radius 3 is 2.60 bits per heavy atom. The lowest BCUT2D eigenvalue weighted by Gasteiger charge is -2.07. The standard InChI is InChI=1S/C10H10F2O3/c11-10(12)7-3-1-2-6(9(7)15)4-5-8(13)14/h1-3,10,15H,4-5H2,(H,13,14). The van der Waals surface area contributed by atoms with E-state index in [9.17, 15) is 18.7 Å². The van der Waals surface area contributed by atoms with Crippen LogP contribution >= 0.6 is 0 Å². The number of phenols is 1. The maximum absolute atomic E-state index is 12.3. The third-order valence-corrected chi connectivity index (χ3v) is 1.99. The van der Waals surface area contributed by atoms with Gasteiger partial charge in [-0.2, -0.15) is 0 Å². The number of hydrogen-bond donors (Lipinski definition) is 2. The van der Waals surface area contributed by atoms with Gasteiger partial charge in [-0.1, -0.05) is 12.1 Å². The third kappa shape index (κ3) is 2.90. The van der Waals surface area contributed by atoms with E-state index in [1.165, 1.54) is 12.1 Å². The molecular formula is C10H10F2O3. The number of aliphatic carboxylic acids is 1. The summed E-state index contributed by atoms with van der Waals surface area (Å²) >= 11 is 0. The van der Waals surface area contributed by atoms with Crippen LogP contribution in [-0.2, 0) is 11.2 Å². The van der Waals surface area contributed by atoms with Crippen molar-refractivity contribution in [2.45, 2.75) is 19.3 Å². The van der Waals surface area contributed by atoms with Crippen LogP contribution in [0.3, 0.4) is 0 Å². The van der Waals surface area contributed by atoms with Crippen LogP contribution in [0.15, 0.2) is 18.2 Å². The largest absolute Gasteiger partial charge is 0.507 e. The highest BCUT2D eigenvalue weighted by Crippen LogP contribution is 2.31. The highest BCUT2D eigenvalue weighted by Gasteiger charge is 2.15. The van der Waals surface area contributed by atoms with Gasteiger partial charge in [0, 0.05) is 6.42 Å². The van der Waals surface area contributed by atoms with E-state index < -0.39 is 23.7 Å². The number of halogens is 2. The summed E-state index contributed by atoms with van der Waals surface area (Å²) in [6.45, 7) is 0. The van der Waals surface area contributed by atoms with Crippen molar-refractivity contribution in [3.8, 4) is 5.75 Å². The monoisotopic (exact) mass is 216 g/mol. The number of alkyl halides is 2. The quantitative estimate of drug-likeness (QED) is 0.812. The van der Waals surface area contributed by atoms with Gasteiger partial charge >= 0.3 is 5.97 Å². The Bertz CT molecular complexity index is 364. The molecule has 0 saturated heterocycles. The maximum Gasteiger partial charge on any atom is 0.303 e. The smallest absolute Gasteiger partial charge is 0.303 e. The van der Waals surface area contributed by atoms with Crippen molar-refractivity contribution >= 4 is 5.97 Å². The van der Waals surface area contributed by atoms with E-state index in [-0.39, 0.29) is 18.4 Å². The summed E-state index contributed by atoms with van der Waals surface area (Å²) in [5.41, 5.74) is -0.229. The fourth-order valence-corrected chi connectivity index (χ4v) is 1.23. The first-order valence-electron chi connectivity index (χ1n) is 4.33. The first kappa shape index (κ1) is 11.4. The van der Waals surface area contributed by atoms with E-state index in [4.69, 9.17) is 5.11 Å². The molecule has 0 saturated carbocycles. The Balaban J connectivity index is 2.89. The predicted molar refractivity (Wildman–Crippen MR) is 49.0 cm³/mol. The second-order valence-electron chi connectivity index (χ2n) is 3.05. The van der Waals surface area contributed by atoms with E-state index in [1.54, 1.807) is 0 Å². The molecule has 0 spiro atoms. The van der Waals surface area contributed by atoms with E-state index in [1.807, 2.05) is 0 Å². The van der Waals surface area contributed by atoms with Gasteiger partial charge in [-0.15, -0.1) is 0 Å². The fourth-order valence-electron chi connectivity index (χ4n) is 1.23. The molecule has 3 nitrogen and oxygen atoms in total. The summed E-state index contributed by atoms with van der Waals surface area (Å²) < 4.78 is 24.7. The minimum Gasteiger partial charge on any atom is -0.507 e. The zero-order valence-electron chi connectivity index (χ0n) is 7.78. The molecule has 2 N–H and O–H groups in total.